The van der Waals surface area contributed by atoms with Crippen LogP contribution in [0, 0.1) is 12.7 Å². The zero-order valence-electron chi connectivity index (χ0n) is 16.2. The van der Waals surface area contributed by atoms with E-state index in [2.05, 4.69) is 50.4 Å². The van der Waals surface area contributed by atoms with Gasteiger partial charge in [0.1, 0.15) is 17.2 Å². The van der Waals surface area contributed by atoms with E-state index in [1.807, 2.05) is 13.0 Å². The van der Waals surface area contributed by atoms with E-state index in [-0.39, 0.29) is 16.8 Å². The van der Waals surface area contributed by atoms with Gasteiger partial charge in [-0.1, -0.05) is 25.1 Å². The first-order valence-corrected chi connectivity index (χ1v) is 9.60. The minimum Gasteiger partial charge on any atom is -0.484 e. The predicted molar refractivity (Wildman–Crippen MR) is 105 cm³/mol. The van der Waals surface area contributed by atoms with Crippen molar-refractivity contribution in [2.24, 2.45) is 0 Å². The molecule has 2 nitrogen and oxygen atoms in total. The lowest BCUT2D eigenvalue weighted by molar-refractivity contribution is 0.116. The fourth-order valence-corrected chi connectivity index (χ4v) is 4.70. The Morgan fingerprint density at radius 3 is 2.77 bits per heavy atom. The Bertz CT molecular complexity index is 844. The number of anilines is 1. The van der Waals surface area contributed by atoms with Gasteiger partial charge in [0.25, 0.3) is 0 Å². The molecule has 2 atom stereocenters. The predicted octanol–water partition coefficient (Wildman–Crippen LogP) is 5.94. The number of rotatable bonds is 2. The minimum atomic E-state index is -0.171. The summed E-state index contributed by atoms with van der Waals surface area (Å²) in [7, 11) is 0. The standard InChI is InChI=1S/C23H28FNO/c1-15-18(6-5-7-19(15)24)23(4)11-10-17(13-23)16-8-9-21-20(12-16)25-14-22(2,3)26-21/h5-9,12,17,25H,10-11,13-14H2,1-4H3/t17?,23-/m1/s1. The van der Waals surface area contributed by atoms with Crippen LogP contribution in [0.15, 0.2) is 36.4 Å². The molecule has 1 unspecified atom stereocenters. The van der Waals surface area contributed by atoms with Crippen LogP contribution in [0.25, 0.3) is 0 Å². The molecule has 0 spiro atoms. The molecule has 2 aliphatic rings. The van der Waals surface area contributed by atoms with Gasteiger partial charge >= 0.3 is 0 Å². The Hall–Kier alpha value is -2.03. The minimum absolute atomic E-state index is 0.0403. The van der Waals surface area contributed by atoms with Crippen LogP contribution in [0.2, 0.25) is 0 Å². The smallest absolute Gasteiger partial charge is 0.143 e. The van der Waals surface area contributed by atoms with Crippen molar-refractivity contribution in [2.75, 3.05) is 11.9 Å². The first kappa shape index (κ1) is 17.4. The molecule has 1 heterocycles. The van der Waals surface area contributed by atoms with Crippen LogP contribution in [0.3, 0.4) is 0 Å². The third-order valence-electron chi connectivity index (χ3n) is 6.23. The van der Waals surface area contributed by atoms with E-state index >= 15 is 0 Å². The number of halogens is 1. The van der Waals surface area contributed by atoms with E-state index in [9.17, 15) is 4.39 Å². The molecular formula is C23H28FNO. The monoisotopic (exact) mass is 353 g/mol. The number of nitrogens with one attached hydrogen (secondary N) is 1. The normalized spacial score (nSPS) is 26.7. The van der Waals surface area contributed by atoms with Gasteiger partial charge in [-0.05, 0) is 86.3 Å². The summed E-state index contributed by atoms with van der Waals surface area (Å²) in [6.07, 6.45) is 3.29. The van der Waals surface area contributed by atoms with Crippen molar-refractivity contribution >= 4 is 5.69 Å². The zero-order valence-corrected chi connectivity index (χ0v) is 16.2. The molecule has 2 aromatic carbocycles. The summed E-state index contributed by atoms with van der Waals surface area (Å²) in [6.45, 7) is 9.21. The maximum absolute atomic E-state index is 14.1. The van der Waals surface area contributed by atoms with Crippen LogP contribution in [0.5, 0.6) is 5.75 Å². The van der Waals surface area contributed by atoms with E-state index < -0.39 is 0 Å². The van der Waals surface area contributed by atoms with Crippen LogP contribution < -0.4 is 10.1 Å². The maximum Gasteiger partial charge on any atom is 0.143 e. The number of fused-ring (bicyclic) bond motifs is 1. The third kappa shape index (κ3) is 2.98. The molecule has 0 bridgehead atoms. The SMILES string of the molecule is Cc1c(F)cccc1[C@]1(C)CCC(c2ccc3c(c2)NCC(C)(C)O3)C1. The van der Waals surface area contributed by atoms with Gasteiger partial charge in [-0.3, -0.25) is 0 Å². The molecule has 3 heteroatoms. The van der Waals surface area contributed by atoms with Gasteiger partial charge in [0, 0.05) is 0 Å². The lowest BCUT2D eigenvalue weighted by Crippen LogP contribution is -2.40. The number of hydrogen-bond donors (Lipinski definition) is 1. The van der Waals surface area contributed by atoms with Crippen molar-refractivity contribution in [3.8, 4) is 5.75 Å². The topological polar surface area (TPSA) is 21.3 Å². The first-order chi connectivity index (χ1) is 12.3. The molecule has 2 aromatic rings. The van der Waals surface area contributed by atoms with E-state index in [4.69, 9.17) is 4.74 Å². The number of hydrogen-bond acceptors (Lipinski definition) is 2. The third-order valence-corrected chi connectivity index (χ3v) is 6.23. The molecule has 1 N–H and O–H groups in total. The Labute approximate surface area is 155 Å². The quantitative estimate of drug-likeness (QED) is 0.721. The van der Waals surface area contributed by atoms with Gasteiger partial charge in [0.2, 0.25) is 0 Å². The lowest BCUT2D eigenvalue weighted by Gasteiger charge is -2.34. The first-order valence-electron chi connectivity index (χ1n) is 9.60. The molecular weight excluding hydrogens is 325 g/mol. The van der Waals surface area contributed by atoms with Crippen molar-refractivity contribution in [3.63, 3.8) is 0 Å². The van der Waals surface area contributed by atoms with Crippen molar-refractivity contribution in [1.82, 2.24) is 0 Å². The van der Waals surface area contributed by atoms with Crippen LogP contribution in [-0.2, 0) is 5.41 Å². The van der Waals surface area contributed by atoms with E-state index in [0.29, 0.717) is 5.92 Å². The highest BCUT2D eigenvalue weighted by Crippen LogP contribution is 2.50. The van der Waals surface area contributed by atoms with Crippen molar-refractivity contribution in [3.05, 3.63) is 58.9 Å². The summed E-state index contributed by atoms with van der Waals surface area (Å²) < 4.78 is 20.1. The molecule has 1 saturated carbocycles. The Morgan fingerprint density at radius 1 is 1.15 bits per heavy atom. The molecule has 4 rings (SSSR count). The average Bonchev–Trinajstić information content (AvgIpc) is 2.99. The van der Waals surface area contributed by atoms with Crippen LogP contribution in [0.4, 0.5) is 10.1 Å². The van der Waals surface area contributed by atoms with Crippen LogP contribution in [-0.4, -0.2) is 12.1 Å². The lowest BCUT2D eigenvalue weighted by atomic mass is 9.77. The zero-order chi connectivity index (χ0) is 18.5. The summed E-state index contributed by atoms with van der Waals surface area (Å²) in [5, 5.41) is 3.51. The van der Waals surface area contributed by atoms with Gasteiger partial charge < -0.3 is 10.1 Å². The van der Waals surface area contributed by atoms with Crippen molar-refractivity contribution in [2.45, 2.75) is 63.9 Å². The highest BCUT2D eigenvalue weighted by atomic mass is 19.1. The van der Waals surface area contributed by atoms with Crippen LogP contribution in [0.1, 0.15) is 62.6 Å². The molecule has 1 aliphatic heterocycles. The van der Waals surface area contributed by atoms with Crippen molar-refractivity contribution in [1.29, 1.82) is 0 Å². The number of ether oxygens (including phenoxy) is 1. The molecule has 0 amide bonds. The molecule has 138 valence electrons. The summed E-state index contributed by atoms with van der Waals surface area (Å²) in [5.74, 6) is 1.35. The van der Waals surface area contributed by atoms with E-state index in [1.165, 1.54) is 11.1 Å². The molecule has 0 radical (unpaired) electrons. The van der Waals surface area contributed by atoms with Crippen molar-refractivity contribution < 1.29 is 9.13 Å². The second-order valence-corrected chi connectivity index (χ2v) is 8.88. The fourth-order valence-electron chi connectivity index (χ4n) is 4.70. The van der Waals surface area contributed by atoms with Gasteiger partial charge in [0.05, 0.1) is 12.2 Å². The highest BCUT2D eigenvalue weighted by Gasteiger charge is 2.38. The van der Waals surface area contributed by atoms with Crippen LogP contribution >= 0.6 is 0 Å². The molecule has 1 aliphatic carbocycles. The second kappa shape index (κ2) is 6.00. The fraction of sp³-hybridized carbons (Fsp3) is 0.478. The average molecular weight is 353 g/mol. The Kier molecular flexibility index (Phi) is 4.02. The summed E-state index contributed by atoms with van der Waals surface area (Å²) in [4.78, 5) is 0. The highest BCUT2D eigenvalue weighted by molar-refractivity contribution is 5.60. The summed E-state index contributed by atoms with van der Waals surface area (Å²) in [5.41, 5.74) is 4.29. The van der Waals surface area contributed by atoms with E-state index in [0.717, 1.165) is 42.8 Å². The molecule has 26 heavy (non-hydrogen) atoms. The molecule has 0 aromatic heterocycles. The number of benzene rings is 2. The molecule has 1 fully saturated rings. The Morgan fingerprint density at radius 2 is 1.96 bits per heavy atom. The van der Waals surface area contributed by atoms with E-state index in [1.54, 1.807) is 6.07 Å². The molecule has 0 saturated heterocycles. The summed E-state index contributed by atoms with van der Waals surface area (Å²) >= 11 is 0. The second-order valence-electron chi connectivity index (χ2n) is 8.88. The largest absolute Gasteiger partial charge is 0.484 e. The van der Waals surface area contributed by atoms with Gasteiger partial charge in [-0.15, -0.1) is 0 Å². The van der Waals surface area contributed by atoms with Gasteiger partial charge in [0.15, 0.2) is 0 Å². The van der Waals surface area contributed by atoms with Gasteiger partial charge in [-0.2, -0.15) is 0 Å². The summed E-state index contributed by atoms with van der Waals surface area (Å²) in [6, 6.07) is 12.1. The Balaban J connectivity index is 1.59. The maximum atomic E-state index is 14.1. The van der Waals surface area contributed by atoms with Gasteiger partial charge in [-0.25, -0.2) is 4.39 Å².